The summed E-state index contributed by atoms with van der Waals surface area (Å²) >= 11 is 0. The van der Waals surface area contributed by atoms with Crippen molar-refractivity contribution in [1.29, 1.82) is 0 Å². The number of carbonyl (C=O) groups excluding carboxylic acids is 1. The predicted molar refractivity (Wildman–Crippen MR) is 76.3 cm³/mol. The van der Waals surface area contributed by atoms with Gasteiger partial charge < -0.3 is 10.6 Å². The fraction of sp³-hybridized carbons (Fsp3) is 0.933. The molecule has 0 spiro atoms. The fourth-order valence-electron chi connectivity index (χ4n) is 2.66. The van der Waals surface area contributed by atoms with Crippen LogP contribution in [0.5, 0.6) is 0 Å². The van der Waals surface area contributed by atoms with E-state index in [2.05, 4.69) is 6.92 Å². The van der Waals surface area contributed by atoms with E-state index in [-0.39, 0.29) is 6.04 Å². The Morgan fingerprint density at radius 1 is 1.28 bits per heavy atom. The van der Waals surface area contributed by atoms with Crippen LogP contribution >= 0.6 is 0 Å². The van der Waals surface area contributed by atoms with Gasteiger partial charge in [0, 0.05) is 25.6 Å². The first kappa shape index (κ1) is 15.5. The summed E-state index contributed by atoms with van der Waals surface area (Å²) in [6.45, 7) is 6.07. The third kappa shape index (κ3) is 5.38. The third-order valence-electron chi connectivity index (χ3n) is 4.07. The molecule has 106 valence electrons. The normalized spacial score (nSPS) is 21.3. The molecule has 1 amide bonds. The number of hydrogen-bond donors (Lipinski definition) is 1. The van der Waals surface area contributed by atoms with E-state index in [4.69, 9.17) is 5.73 Å². The lowest BCUT2D eigenvalue weighted by molar-refractivity contribution is -0.130. The summed E-state index contributed by atoms with van der Waals surface area (Å²) in [7, 11) is 0. The molecule has 18 heavy (non-hydrogen) atoms. The molecule has 2 atom stereocenters. The van der Waals surface area contributed by atoms with Gasteiger partial charge in [0.1, 0.15) is 0 Å². The van der Waals surface area contributed by atoms with Crippen molar-refractivity contribution in [3.05, 3.63) is 0 Å². The van der Waals surface area contributed by atoms with Crippen LogP contribution < -0.4 is 5.73 Å². The molecule has 0 aromatic heterocycles. The Labute approximate surface area is 112 Å². The van der Waals surface area contributed by atoms with E-state index in [1.165, 1.54) is 32.1 Å². The summed E-state index contributed by atoms with van der Waals surface area (Å²) < 4.78 is 0. The van der Waals surface area contributed by atoms with Crippen LogP contribution in [0.25, 0.3) is 0 Å². The number of hydrogen-bond acceptors (Lipinski definition) is 2. The van der Waals surface area contributed by atoms with Gasteiger partial charge in [-0.2, -0.15) is 0 Å². The first-order valence-electron chi connectivity index (χ1n) is 7.68. The van der Waals surface area contributed by atoms with E-state index in [0.717, 1.165) is 32.4 Å². The monoisotopic (exact) mass is 254 g/mol. The smallest absolute Gasteiger partial charge is 0.222 e. The number of carbonyl (C=O) groups is 1. The molecule has 1 aliphatic heterocycles. The van der Waals surface area contributed by atoms with E-state index in [1.807, 2.05) is 11.8 Å². The molecule has 0 saturated carbocycles. The minimum absolute atomic E-state index is 0.219. The van der Waals surface area contributed by atoms with Crippen molar-refractivity contribution in [1.82, 2.24) is 4.90 Å². The molecule has 2 N–H and O–H groups in total. The van der Waals surface area contributed by atoms with Gasteiger partial charge in [0.2, 0.25) is 5.91 Å². The molecule has 0 radical (unpaired) electrons. The number of nitrogens with zero attached hydrogens (tertiary/aromatic N) is 1. The minimum Gasteiger partial charge on any atom is -0.342 e. The van der Waals surface area contributed by atoms with Gasteiger partial charge in [-0.3, -0.25) is 4.79 Å². The zero-order chi connectivity index (χ0) is 13.4. The summed E-state index contributed by atoms with van der Waals surface area (Å²) in [5.74, 6) is 0.854. The Morgan fingerprint density at radius 2 is 1.94 bits per heavy atom. The number of amides is 1. The van der Waals surface area contributed by atoms with Crippen LogP contribution in [0.2, 0.25) is 0 Å². The lowest BCUT2D eigenvalue weighted by Crippen LogP contribution is -2.32. The highest BCUT2D eigenvalue weighted by atomic mass is 16.2. The van der Waals surface area contributed by atoms with Crippen LogP contribution in [0.1, 0.15) is 65.2 Å². The average molecular weight is 254 g/mol. The largest absolute Gasteiger partial charge is 0.342 e. The second kappa shape index (κ2) is 8.52. The molecule has 1 aliphatic rings. The maximum Gasteiger partial charge on any atom is 0.222 e. The van der Waals surface area contributed by atoms with Gasteiger partial charge in [0.05, 0.1) is 0 Å². The molecule has 0 bridgehead atoms. The standard InChI is InChI=1S/C15H30N2O/c1-3-4-5-6-7-8-9-15(18)17-11-10-14(12-17)13(2)16/h13-14H,3-12,16H2,1-2H3. The molecule has 3 nitrogen and oxygen atoms in total. The molecule has 2 unspecified atom stereocenters. The van der Waals surface area contributed by atoms with Gasteiger partial charge in [-0.1, -0.05) is 39.0 Å². The number of unbranched alkanes of at least 4 members (excludes halogenated alkanes) is 5. The van der Waals surface area contributed by atoms with E-state index >= 15 is 0 Å². The molecule has 1 saturated heterocycles. The third-order valence-corrected chi connectivity index (χ3v) is 4.07. The second-order valence-electron chi connectivity index (χ2n) is 5.77. The summed E-state index contributed by atoms with van der Waals surface area (Å²) in [4.78, 5) is 14.0. The summed E-state index contributed by atoms with van der Waals surface area (Å²) in [5, 5.41) is 0. The van der Waals surface area contributed by atoms with Crippen molar-refractivity contribution in [3.8, 4) is 0 Å². The highest BCUT2D eigenvalue weighted by molar-refractivity contribution is 5.76. The van der Waals surface area contributed by atoms with Gasteiger partial charge in [-0.05, 0) is 25.7 Å². The van der Waals surface area contributed by atoms with E-state index in [0.29, 0.717) is 11.8 Å². The molecule has 3 heteroatoms. The van der Waals surface area contributed by atoms with Crippen LogP contribution in [0.15, 0.2) is 0 Å². The Hall–Kier alpha value is -0.570. The van der Waals surface area contributed by atoms with Crippen LogP contribution in [0.3, 0.4) is 0 Å². The van der Waals surface area contributed by atoms with Gasteiger partial charge in [0.15, 0.2) is 0 Å². The van der Waals surface area contributed by atoms with Crippen LogP contribution in [-0.2, 0) is 4.79 Å². The zero-order valence-corrected chi connectivity index (χ0v) is 12.2. The first-order chi connectivity index (χ1) is 8.65. The van der Waals surface area contributed by atoms with E-state index in [1.54, 1.807) is 0 Å². The van der Waals surface area contributed by atoms with Crippen molar-refractivity contribution < 1.29 is 4.79 Å². The molecule has 1 rings (SSSR count). The van der Waals surface area contributed by atoms with Crippen LogP contribution in [-0.4, -0.2) is 29.9 Å². The molecule has 0 aromatic rings. The quantitative estimate of drug-likeness (QED) is 0.677. The second-order valence-corrected chi connectivity index (χ2v) is 5.77. The van der Waals surface area contributed by atoms with Crippen molar-refractivity contribution in [2.24, 2.45) is 11.7 Å². The van der Waals surface area contributed by atoms with Crippen LogP contribution in [0.4, 0.5) is 0 Å². The Balaban J connectivity index is 2.07. The number of likely N-dealkylation sites (tertiary alicyclic amines) is 1. The van der Waals surface area contributed by atoms with Gasteiger partial charge in [-0.25, -0.2) is 0 Å². The zero-order valence-electron chi connectivity index (χ0n) is 12.2. The number of nitrogens with two attached hydrogens (primary N) is 1. The topological polar surface area (TPSA) is 46.3 Å². The fourth-order valence-corrected chi connectivity index (χ4v) is 2.66. The summed E-state index contributed by atoms with van der Waals surface area (Å²) in [6.07, 6.45) is 9.29. The predicted octanol–water partition coefficient (Wildman–Crippen LogP) is 2.93. The van der Waals surface area contributed by atoms with Crippen LogP contribution in [0, 0.1) is 5.92 Å². The highest BCUT2D eigenvalue weighted by Gasteiger charge is 2.27. The average Bonchev–Trinajstić information content (AvgIpc) is 2.83. The van der Waals surface area contributed by atoms with E-state index < -0.39 is 0 Å². The van der Waals surface area contributed by atoms with Crippen molar-refractivity contribution >= 4 is 5.91 Å². The molecule has 0 aromatic carbocycles. The van der Waals surface area contributed by atoms with Crippen molar-refractivity contribution in [2.75, 3.05) is 13.1 Å². The molecular weight excluding hydrogens is 224 g/mol. The van der Waals surface area contributed by atoms with Gasteiger partial charge in [-0.15, -0.1) is 0 Å². The maximum absolute atomic E-state index is 12.0. The molecular formula is C15H30N2O. The number of rotatable bonds is 8. The lowest BCUT2D eigenvalue weighted by atomic mass is 10.0. The Kier molecular flexibility index (Phi) is 7.33. The molecule has 1 fully saturated rings. The first-order valence-corrected chi connectivity index (χ1v) is 7.68. The highest BCUT2D eigenvalue weighted by Crippen LogP contribution is 2.20. The van der Waals surface area contributed by atoms with Gasteiger partial charge >= 0.3 is 0 Å². The lowest BCUT2D eigenvalue weighted by Gasteiger charge is -2.18. The van der Waals surface area contributed by atoms with E-state index in [9.17, 15) is 4.79 Å². The van der Waals surface area contributed by atoms with Crippen molar-refractivity contribution in [3.63, 3.8) is 0 Å². The Bertz CT molecular complexity index is 241. The summed E-state index contributed by atoms with van der Waals surface area (Å²) in [5.41, 5.74) is 5.89. The maximum atomic E-state index is 12.0. The minimum atomic E-state index is 0.219. The summed E-state index contributed by atoms with van der Waals surface area (Å²) in [6, 6.07) is 0.219. The SMILES string of the molecule is CCCCCCCCC(=O)N1CCC(C(C)N)C1. The molecule has 1 heterocycles. The Morgan fingerprint density at radius 3 is 2.56 bits per heavy atom. The van der Waals surface area contributed by atoms with Crippen molar-refractivity contribution in [2.45, 2.75) is 71.3 Å². The molecule has 0 aliphatic carbocycles. The van der Waals surface area contributed by atoms with Gasteiger partial charge in [0.25, 0.3) is 0 Å².